The van der Waals surface area contributed by atoms with Crippen molar-refractivity contribution in [1.82, 2.24) is 5.32 Å². The molecule has 1 amide bonds. The van der Waals surface area contributed by atoms with Gasteiger partial charge in [0.1, 0.15) is 13.2 Å². The summed E-state index contributed by atoms with van der Waals surface area (Å²) < 4.78 is 23.9. The average Bonchev–Trinajstić information content (AvgIpc) is 3.49. The van der Waals surface area contributed by atoms with Crippen molar-refractivity contribution in [2.75, 3.05) is 40.9 Å². The van der Waals surface area contributed by atoms with Crippen LogP contribution < -0.4 is 5.32 Å². The number of aliphatic hydroxyl groups is 1. The van der Waals surface area contributed by atoms with Crippen molar-refractivity contribution in [2.24, 2.45) is 0 Å². The number of amides is 1. The lowest BCUT2D eigenvalue weighted by Crippen LogP contribution is -2.46. The van der Waals surface area contributed by atoms with Crippen LogP contribution in [-0.4, -0.2) is 73.4 Å². The fourth-order valence-corrected chi connectivity index (χ4v) is 12.5. The Morgan fingerprint density at radius 2 is 0.671 bits per heavy atom. The van der Waals surface area contributed by atoms with E-state index in [2.05, 4.69) is 55.6 Å². The second-order valence-corrected chi connectivity index (χ2v) is 28.8. The van der Waals surface area contributed by atoms with E-state index in [0.717, 1.165) is 51.4 Å². The Hall–Kier alpha value is -1.28. The van der Waals surface area contributed by atoms with Crippen LogP contribution in [0.5, 0.6) is 0 Å². The number of hydrogen-bond acceptors (Lipinski definition) is 5. The predicted octanol–water partition coefficient (Wildman–Crippen LogP) is 24.4. The van der Waals surface area contributed by atoms with Gasteiger partial charge >= 0.3 is 7.82 Å². The topological polar surface area (TPSA) is 105 Å². The number of likely N-dealkylation sites (N-methyl/N-ethyl adjacent to an activating group) is 1. The molecule has 0 aromatic heterocycles. The van der Waals surface area contributed by atoms with Crippen LogP contribution in [0.25, 0.3) is 0 Å². The Balaban J connectivity index is 3.97. The van der Waals surface area contributed by atoms with Crippen LogP contribution in [0.3, 0.4) is 0 Å². The summed E-state index contributed by atoms with van der Waals surface area (Å²) >= 11 is 0. The summed E-state index contributed by atoms with van der Waals surface area (Å²) in [5.74, 6) is -0.136. The predicted molar refractivity (Wildman–Crippen MR) is 374 cm³/mol. The van der Waals surface area contributed by atoms with Gasteiger partial charge in [-0.2, -0.15) is 0 Å². The lowest BCUT2D eigenvalue weighted by molar-refractivity contribution is -0.870. The highest BCUT2D eigenvalue weighted by Crippen LogP contribution is 2.43. The minimum atomic E-state index is -4.33. The van der Waals surface area contributed by atoms with Gasteiger partial charge in [0.2, 0.25) is 5.91 Å². The molecule has 0 spiro atoms. The van der Waals surface area contributed by atoms with Crippen molar-refractivity contribution in [2.45, 2.75) is 405 Å². The minimum Gasteiger partial charge on any atom is -0.391 e. The van der Waals surface area contributed by atoms with Gasteiger partial charge in [-0.1, -0.05) is 371 Å². The second kappa shape index (κ2) is 67.1. The van der Waals surface area contributed by atoms with Crippen LogP contribution in [0, 0.1) is 0 Å². The van der Waals surface area contributed by atoms with Gasteiger partial charge in [0.15, 0.2) is 0 Å². The van der Waals surface area contributed by atoms with Gasteiger partial charge in [-0.15, -0.1) is 0 Å². The molecule has 0 heterocycles. The van der Waals surface area contributed by atoms with E-state index in [1.54, 1.807) is 0 Å². The maximum absolute atomic E-state index is 13.1. The Kier molecular flexibility index (Phi) is 66.1. The normalized spacial score (nSPS) is 13.7. The molecule has 0 rings (SSSR count). The summed E-state index contributed by atoms with van der Waals surface area (Å²) in [4.78, 5) is 23.5. The maximum atomic E-state index is 13.1. The Morgan fingerprint density at radius 1 is 0.400 bits per heavy atom. The lowest BCUT2D eigenvalue weighted by Gasteiger charge is -2.26. The number of hydrogen-bond donors (Lipinski definition) is 3. The molecule has 3 atom stereocenters. The Morgan fingerprint density at radius 3 is 0.976 bits per heavy atom. The first-order chi connectivity index (χ1) is 41.5. The molecule has 0 fully saturated rings. The first kappa shape index (κ1) is 83.7. The summed E-state index contributed by atoms with van der Waals surface area (Å²) in [6.45, 7) is 4.94. The van der Waals surface area contributed by atoms with Crippen LogP contribution in [0.4, 0.5) is 0 Å². The largest absolute Gasteiger partial charge is 0.472 e. The number of carbonyl (C=O) groups is 1. The van der Waals surface area contributed by atoms with Gasteiger partial charge in [-0.3, -0.25) is 13.8 Å². The molecule has 0 aromatic carbocycles. The molecule has 3 N–H and O–H groups in total. The fraction of sp³-hybridized carbons (Fsp3) is 0.908. The second-order valence-electron chi connectivity index (χ2n) is 27.4. The van der Waals surface area contributed by atoms with Crippen LogP contribution in [-0.2, 0) is 18.4 Å². The maximum Gasteiger partial charge on any atom is 0.472 e. The van der Waals surface area contributed by atoms with Gasteiger partial charge in [0.25, 0.3) is 0 Å². The molecule has 3 unspecified atom stereocenters. The van der Waals surface area contributed by atoms with E-state index < -0.39 is 20.0 Å². The summed E-state index contributed by atoms with van der Waals surface area (Å²) in [6.07, 6.45) is 89.8. The first-order valence-corrected chi connectivity index (χ1v) is 39.3. The van der Waals surface area contributed by atoms with Gasteiger partial charge < -0.3 is 19.8 Å². The molecular weight excluding hydrogens is 1070 g/mol. The van der Waals surface area contributed by atoms with E-state index >= 15 is 0 Å². The zero-order valence-corrected chi connectivity index (χ0v) is 58.8. The fourth-order valence-electron chi connectivity index (χ4n) is 11.8. The van der Waals surface area contributed by atoms with E-state index in [9.17, 15) is 19.4 Å². The highest BCUT2D eigenvalue weighted by atomic mass is 31.2. The number of phosphoric ester groups is 1. The number of carbonyl (C=O) groups excluding carboxylic acids is 1. The minimum absolute atomic E-state index is 0.0767. The number of nitrogens with one attached hydrogen (secondary N) is 1. The molecule has 0 bridgehead atoms. The average molecular weight is 1220 g/mol. The van der Waals surface area contributed by atoms with Crippen LogP contribution >= 0.6 is 7.82 Å². The molecule has 0 saturated carbocycles. The third-order valence-corrected chi connectivity index (χ3v) is 18.6. The molecule has 0 saturated heterocycles. The van der Waals surface area contributed by atoms with E-state index in [4.69, 9.17) is 9.05 Å². The molecule has 0 aliphatic carbocycles. The summed E-state index contributed by atoms with van der Waals surface area (Å²) in [6, 6.07) is -0.762. The highest BCUT2D eigenvalue weighted by molar-refractivity contribution is 7.47. The third-order valence-electron chi connectivity index (χ3n) is 17.6. The first-order valence-electron chi connectivity index (χ1n) is 37.9. The van der Waals surface area contributed by atoms with Crippen molar-refractivity contribution in [3.63, 3.8) is 0 Å². The number of nitrogens with zero attached hydrogens (tertiary/aromatic N) is 1. The van der Waals surface area contributed by atoms with Gasteiger partial charge in [-0.25, -0.2) is 4.57 Å². The number of phosphoric acid groups is 1. The highest BCUT2D eigenvalue weighted by Gasteiger charge is 2.28. The molecule has 0 radical (unpaired) electrons. The van der Waals surface area contributed by atoms with Crippen molar-refractivity contribution in [1.29, 1.82) is 0 Å². The number of quaternary nitrogens is 1. The lowest BCUT2D eigenvalue weighted by atomic mass is 10.0. The molecule has 0 aromatic rings. The number of allylic oxidation sites excluding steroid dienone is 6. The van der Waals surface area contributed by atoms with Crippen molar-refractivity contribution in [3.8, 4) is 0 Å². The van der Waals surface area contributed by atoms with E-state index in [1.165, 1.54) is 315 Å². The third kappa shape index (κ3) is 70.0. The van der Waals surface area contributed by atoms with Crippen LogP contribution in [0.2, 0.25) is 0 Å². The van der Waals surface area contributed by atoms with Gasteiger partial charge in [0.05, 0.1) is 39.9 Å². The van der Waals surface area contributed by atoms with E-state index in [0.29, 0.717) is 23.9 Å². The van der Waals surface area contributed by atoms with Gasteiger partial charge in [-0.05, 0) is 51.4 Å². The summed E-state index contributed by atoms with van der Waals surface area (Å²) in [5, 5.41) is 14.2. The SMILES string of the molecule is CCCCCCC/C=C\C/C=C\C/C=C\CCCCCCCCCCCCCCCCCCCCC(=O)NC(COP(=O)(O)OCC[N+](C)(C)C)C(O)CCCCCCCCCCCCCCCCCCCCCCCCCCCCCCCC. The monoisotopic (exact) mass is 1220 g/mol. The summed E-state index contributed by atoms with van der Waals surface area (Å²) in [5.41, 5.74) is 0. The summed E-state index contributed by atoms with van der Waals surface area (Å²) in [7, 11) is 1.64. The molecule has 0 aliphatic heterocycles. The molecule has 0 aliphatic rings. The van der Waals surface area contributed by atoms with E-state index in [-0.39, 0.29) is 19.1 Å². The Bertz CT molecular complexity index is 1480. The van der Waals surface area contributed by atoms with Crippen LogP contribution in [0.1, 0.15) is 393 Å². The standard InChI is InChI=1S/C76H149N2O6P/c1-6-8-10-12-14-16-18-20-22-24-26-28-30-32-34-36-38-39-40-42-44-46-48-50-52-54-56-58-60-62-64-66-68-70-76(80)77-74(73-84-85(81,82)83-72-71-78(3,4)5)75(79)69-67-65-63-61-59-57-55-53-51-49-47-45-43-41-37-35-33-31-29-27-25-23-21-19-17-15-13-11-9-7-2/h18,20,24,26,30,32,74-75,79H,6-17,19,21-23,25,27-29,31,33-73H2,1-5H3,(H-,77,80,81,82)/p+1/b20-18-,26-24-,32-30-. The number of aliphatic hydroxyl groups excluding tert-OH is 1. The van der Waals surface area contributed by atoms with Crippen molar-refractivity contribution >= 4 is 13.7 Å². The number of rotatable bonds is 71. The molecule has 504 valence electrons. The van der Waals surface area contributed by atoms with Gasteiger partial charge in [0, 0.05) is 6.42 Å². The molecular formula is C76H150N2O6P+. The van der Waals surface area contributed by atoms with Crippen molar-refractivity contribution in [3.05, 3.63) is 36.5 Å². The molecule has 8 nitrogen and oxygen atoms in total. The smallest absolute Gasteiger partial charge is 0.391 e. The zero-order valence-electron chi connectivity index (χ0n) is 57.9. The number of unbranched alkanes of at least 4 members (excludes halogenated alkanes) is 52. The van der Waals surface area contributed by atoms with Crippen molar-refractivity contribution < 1.29 is 32.9 Å². The quantitative estimate of drug-likeness (QED) is 0.0243. The van der Waals surface area contributed by atoms with E-state index in [1.807, 2.05) is 21.1 Å². The molecule has 9 heteroatoms. The molecule has 85 heavy (non-hydrogen) atoms. The Labute approximate surface area is 531 Å². The zero-order chi connectivity index (χ0) is 61.9. The van der Waals surface area contributed by atoms with Crippen LogP contribution in [0.15, 0.2) is 36.5 Å².